The van der Waals surface area contributed by atoms with Gasteiger partial charge >= 0.3 is 5.97 Å². The van der Waals surface area contributed by atoms with Gasteiger partial charge < -0.3 is 10.0 Å². The fourth-order valence-electron chi connectivity index (χ4n) is 3.16. The standard InChI is InChI=1S/C17H25NO2/c1-13-6-8-15(9-7-13)18(11-10-17(19)20)16-5-3-4-14(2)12-16/h6-9,14,16H,3-5,10-12H2,1-2H3,(H,19,20). The van der Waals surface area contributed by atoms with Gasteiger partial charge in [0.05, 0.1) is 6.42 Å². The molecule has 0 radical (unpaired) electrons. The van der Waals surface area contributed by atoms with Crippen molar-refractivity contribution in [3.63, 3.8) is 0 Å². The highest BCUT2D eigenvalue weighted by Crippen LogP contribution is 2.30. The summed E-state index contributed by atoms with van der Waals surface area (Å²) < 4.78 is 0. The Morgan fingerprint density at radius 2 is 2.00 bits per heavy atom. The lowest BCUT2D eigenvalue weighted by Gasteiger charge is -2.38. The van der Waals surface area contributed by atoms with Crippen LogP contribution in [0.5, 0.6) is 0 Å². The molecule has 0 spiro atoms. The number of hydrogen-bond donors (Lipinski definition) is 1. The summed E-state index contributed by atoms with van der Waals surface area (Å²) >= 11 is 0. The Labute approximate surface area is 121 Å². The fourth-order valence-corrected chi connectivity index (χ4v) is 3.16. The van der Waals surface area contributed by atoms with Crippen LogP contribution in [-0.2, 0) is 4.79 Å². The number of rotatable bonds is 5. The molecule has 1 aliphatic carbocycles. The number of anilines is 1. The second-order valence-electron chi connectivity index (χ2n) is 6.10. The maximum atomic E-state index is 10.9. The van der Waals surface area contributed by atoms with Gasteiger partial charge in [0.25, 0.3) is 0 Å². The Morgan fingerprint density at radius 1 is 1.30 bits per heavy atom. The first-order valence-electron chi connectivity index (χ1n) is 7.61. The molecule has 20 heavy (non-hydrogen) atoms. The minimum Gasteiger partial charge on any atom is -0.481 e. The summed E-state index contributed by atoms with van der Waals surface area (Å²) in [6, 6.07) is 8.94. The van der Waals surface area contributed by atoms with Gasteiger partial charge in [-0.05, 0) is 37.8 Å². The van der Waals surface area contributed by atoms with Crippen molar-refractivity contribution in [1.82, 2.24) is 0 Å². The smallest absolute Gasteiger partial charge is 0.305 e. The minimum absolute atomic E-state index is 0.207. The van der Waals surface area contributed by atoms with Gasteiger partial charge in [-0.1, -0.05) is 37.5 Å². The zero-order valence-electron chi connectivity index (χ0n) is 12.5. The summed E-state index contributed by atoms with van der Waals surface area (Å²) in [6.45, 7) is 4.99. The maximum Gasteiger partial charge on any atom is 0.305 e. The van der Waals surface area contributed by atoms with Crippen LogP contribution in [-0.4, -0.2) is 23.7 Å². The van der Waals surface area contributed by atoms with Gasteiger partial charge in [0.15, 0.2) is 0 Å². The van der Waals surface area contributed by atoms with Gasteiger partial charge in [-0.25, -0.2) is 0 Å². The number of carbonyl (C=O) groups is 1. The van der Waals surface area contributed by atoms with Gasteiger partial charge in [0.1, 0.15) is 0 Å². The molecule has 0 amide bonds. The average molecular weight is 275 g/mol. The number of carboxylic acid groups (broad SMARTS) is 1. The molecule has 2 atom stereocenters. The van der Waals surface area contributed by atoms with E-state index in [-0.39, 0.29) is 6.42 Å². The van der Waals surface area contributed by atoms with Gasteiger partial charge in [0, 0.05) is 18.3 Å². The second kappa shape index (κ2) is 6.78. The molecule has 1 saturated carbocycles. The van der Waals surface area contributed by atoms with E-state index in [2.05, 4.69) is 43.0 Å². The van der Waals surface area contributed by atoms with E-state index in [1.54, 1.807) is 0 Å². The molecule has 0 bridgehead atoms. The van der Waals surface area contributed by atoms with E-state index in [9.17, 15) is 4.79 Å². The number of carboxylic acids is 1. The van der Waals surface area contributed by atoms with E-state index in [1.807, 2.05) is 0 Å². The van der Waals surface area contributed by atoms with Crippen LogP contribution < -0.4 is 4.90 Å². The average Bonchev–Trinajstić information content (AvgIpc) is 2.41. The summed E-state index contributed by atoms with van der Waals surface area (Å²) in [7, 11) is 0. The van der Waals surface area contributed by atoms with E-state index in [4.69, 9.17) is 5.11 Å². The van der Waals surface area contributed by atoms with Gasteiger partial charge in [-0.2, -0.15) is 0 Å². The lowest BCUT2D eigenvalue weighted by atomic mass is 9.86. The Morgan fingerprint density at radius 3 is 2.60 bits per heavy atom. The number of hydrogen-bond acceptors (Lipinski definition) is 2. The van der Waals surface area contributed by atoms with Crippen LogP contribution >= 0.6 is 0 Å². The molecule has 0 aromatic heterocycles. The first-order chi connectivity index (χ1) is 9.56. The second-order valence-corrected chi connectivity index (χ2v) is 6.10. The lowest BCUT2D eigenvalue weighted by Crippen LogP contribution is -2.40. The lowest BCUT2D eigenvalue weighted by molar-refractivity contribution is -0.136. The van der Waals surface area contributed by atoms with Crippen molar-refractivity contribution in [3.8, 4) is 0 Å². The van der Waals surface area contributed by atoms with E-state index in [0.29, 0.717) is 12.6 Å². The Kier molecular flexibility index (Phi) is 5.05. The zero-order chi connectivity index (χ0) is 14.5. The van der Waals surface area contributed by atoms with Crippen LogP contribution in [0.15, 0.2) is 24.3 Å². The monoisotopic (exact) mass is 275 g/mol. The van der Waals surface area contributed by atoms with Crippen LogP contribution in [0.2, 0.25) is 0 Å². The van der Waals surface area contributed by atoms with Crippen molar-refractivity contribution >= 4 is 11.7 Å². The predicted octanol–water partition coefficient (Wildman–Crippen LogP) is 3.85. The summed E-state index contributed by atoms with van der Waals surface area (Å²) in [5.41, 5.74) is 2.40. The summed E-state index contributed by atoms with van der Waals surface area (Å²) in [5.74, 6) is 0.0255. The van der Waals surface area contributed by atoms with Crippen molar-refractivity contribution in [2.24, 2.45) is 5.92 Å². The van der Waals surface area contributed by atoms with Crippen LogP contribution in [0.4, 0.5) is 5.69 Å². The third kappa shape index (κ3) is 3.99. The number of aliphatic carboxylic acids is 1. The summed E-state index contributed by atoms with van der Waals surface area (Å²) in [5, 5.41) is 8.98. The summed E-state index contributed by atoms with van der Waals surface area (Å²) in [4.78, 5) is 13.2. The quantitative estimate of drug-likeness (QED) is 0.887. The predicted molar refractivity (Wildman–Crippen MR) is 82.2 cm³/mol. The topological polar surface area (TPSA) is 40.5 Å². The van der Waals surface area contributed by atoms with Crippen LogP contribution in [0.3, 0.4) is 0 Å². The van der Waals surface area contributed by atoms with Gasteiger partial charge in [-0.15, -0.1) is 0 Å². The van der Waals surface area contributed by atoms with Gasteiger partial charge in [-0.3, -0.25) is 4.79 Å². The number of benzene rings is 1. The third-order valence-electron chi connectivity index (χ3n) is 4.28. The maximum absolute atomic E-state index is 10.9. The van der Waals surface area contributed by atoms with E-state index in [0.717, 1.165) is 11.6 Å². The highest BCUT2D eigenvalue weighted by molar-refractivity contribution is 5.67. The Hall–Kier alpha value is -1.51. The molecule has 1 aliphatic rings. The largest absolute Gasteiger partial charge is 0.481 e. The number of nitrogens with zero attached hydrogens (tertiary/aromatic N) is 1. The molecule has 0 heterocycles. The molecule has 1 N–H and O–H groups in total. The highest BCUT2D eigenvalue weighted by Gasteiger charge is 2.25. The van der Waals surface area contributed by atoms with Crippen molar-refractivity contribution in [2.75, 3.05) is 11.4 Å². The normalized spacial score (nSPS) is 22.5. The fraction of sp³-hybridized carbons (Fsp3) is 0.588. The minimum atomic E-state index is -0.717. The van der Waals surface area contributed by atoms with Crippen molar-refractivity contribution < 1.29 is 9.90 Å². The molecule has 3 nitrogen and oxygen atoms in total. The first-order valence-corrected chi connectivity index (χ1v) is 7.61. The first kappa shape index (κ1) is 14.9. The van der Waals surface area contributed by atoms with Crippen LogP contribution in [0.25, 0.3) is 0 Å². The van der Waals surface area contributed by atoms with E-state index >= 15 is 0 Å². The SMILES string of the molecule is Cc1ccc(N(CCC(=O)O)C2CCCC(C)C2)cc1. The highest BCUT2D eigenvalue weighted by atomic mass is 16.4. The zero-order valence-corrected chi connectivity index (χ0v) is 12.5. The molecule has 110 valence electrons. The van der Waals surface area contributed by atoms with E-state index < -0.39 is 5.97 Å². The summed E-state index contributed by atoms with van der Waals surface area (Å²) in [6.07, 6.45) is 5.11. The molecule has 2 rings (SSSR count). The molecule has 1 aromatic rings. The third-order valence-corrected chi connectivity index (χ3v) is 4.28. The van der Waals surface area contributed by atoms with Crippen molar-refractivity contribution in [2.45, 2.75) is 52.0 Å². The molecule has 3 heteroatoms. The molecular formula is C17H25NO2. The molecule has 1 fully saturated rings. The van der Waals surface area contributed by atoms with Crippen molar-refractivity contribution in [3.05, 3.63) is 29.8 Å². The van der Waals surface area contributed by atoms with E-state index in [1.165, 1.54) is 31.2 Å². The molecule has 2 unspecified atom stereocenters. The van der Waals surface area contributed by atoms with Crippen LogP contribution in [0.1, 0.15) is 44.6 Å². The molecule has 0 saturated heterocycles. The number of aryl methyl sites for hydroxylation is 1. The van der Waals surface area contributed by atoms with Gasteiger partial charge in [0.2, 0.25) is 0 Å². The Bertz CT molecular complexity index is 441. The van der Waals surface area contributed by atoms with Crippen molar-refractivity contribution in [1.29, 1.82) is 0 Å². The van der Waals surface area contributed by atoms with Crippen LogP contribution in [0, 0.1) is 12.8 Å². The molecule has 0 aliphatic heterocycles. The molecular weight excluding hydrogens is 250 g/mol. The molecule has 1 aromatic carbocycles. The Balaban J connectivity index is 2.14.